The molecule has 0 aliphatic heterocycles. The fourth-order valence-electron chi connectivity index (χ4n) is 2.45. The van der Waals surface area contributed by atoms with Gasteiger partial charge >= 0.3 is 0 Å². The molecule has 3 nitrogen and oxygen atoms in total. The molecule has 0 amide bonds. The predicted octanol–water partition coefficient (Wildman–Crippen LogP) is 2.85. The standard InChI is InChI=1S/C14H28N2OS/c1-3-17-11-7-10-15-14(18)16-13-9-6-4-5-8-12(13)2/h12-13H,3-11H2,1-2H3,(H2,15,16,18). The summed E-state index contributed by atoms with van der Waals surface area (Å²) in [6, 6.07) is 0.555. The highest BCUT2D eigenvalue weighted by Gasteiger charge is 2.20. The van der Waals surface area contributed by atoms with Gasteiger partial charge in [-0.1, -0.05) is 26.2 Å². The fourth-order valence-corrected chi connectivity index (χ4v) is 2.70. The first-order valence-corrected chi connectivity index (χ1v) is 7.77. The number of hydrogen-bond donors (Lipinski definition) is 2. The molecule has 4 heteroatoms. The third kappa shape index (κ3) is 6.55. The van der Waals surface area contributed by atoms with Crippen molar-refractivity contribution in [2.24, 2.45) is 5.92 Å². The topological polar surface area (TPSA) is 33.3 Å². The Morgan fingerprint density at radius 2 is 2.06 bits per heavy atom. The van der Waals surface area contributed by atoms with Crippen LogP contribution in [0, 0.1) is 5.92 Å². The van der Waals surface area contributed by atoms with E-state index in [0.29, 0.717) is 6.04 Å². The average Bonchev–Trinajstić information content (AvgIpc) is 2.55. The van der Waals surface area contributed by atoms with Crippen molar-refractivity contribution in [3.8, 4) is 0 Å². The monoisotopic (exact) mass is 272 g/mol. The molecule has 2 atom stereocenters. The number of thiocarbonyl (C=S) groups is 1. The Morgan fingerprint density at radius 1 is 1.28 bits per heavy atom. The van der Waals surface area contributed by atoms with Gasteiger partial charge in [-0.05, 0) is 44.3 Å². The van der Waals surface area contributed by atoms with Gasteiger partial charge in [-0.3, -0.25) is 0 Å². The van der Waals surface area contributed by atoms with Crippen LogP contribution in [0.15, 0.2) is 0 Å². The van der Waals surface area contributed by atoms with E-state index in [4.69, 9.17) is 17.0 Å². The van der Waals surface area contributed by atoms with E-state index in [1.807, 2.05) is 6.92 Å². The van der Waals surface area contributed by atoms with Crippen LogP contribution in [0.5, 0.6) is 0 Å². The summed E-state index contributed by atoms with van der Waals surface area (Å²) in [6.45, 7) is 6.86. The lowest BCUT2D eigenvalue weighted by atomic mass is 9.97. The largest absolute Gasteiger partial charge is 0.382 e. The molecular formula is C14H28N2OS. The Hall–Kier alpha value is -0.350. The Labute approximate surface area is 117 Å². The van der Waals surface area contributed by atoms with E-state index in [9.17, 15) is 0 Å². The van der Waals surface area contributed by atoms with Crippen molar-refractivity contribution in [3.63, 3.8) is 0 Å². The lowest BCUT2D eigenvalue weighted by Gasteiger charge is -2.24. The first-order valence-electron chi connectivity index (χ1n) is 7.36. The maximum Gasteiger partial charge on any atom is 0.166 e. The van der Waals surface area contributed by atoms with Crippen LogP contribution in [-0.2, 0) is 4.74 Å². The van der Waals surface area contributed by atoms with E-state index < -0.39 is 0 Å². The van der Waals surface area contributed by atoms with Gasteiger partial charge in [0.05, 0.1) is 0 Å². The minimum atomic E-state index is 0.555. The number of rotatable bonds is 6. The maximum atomic E-state index is 5.35. The Balaban J connectivity index is 2.13. The van der Waals surface area contributed by atoms with Crippen molar-refractivity contribution in [2.45, 2.75) is 58.4 Å². The zero-order chi connectivity index (χ0) is 13.2. The van der Waals surface area contributed by atoms with E-state index in [-0.39, 0.29) is 0 Å². The Bertz CT molecular complexity index is 236. The summed E-state index contributed by atoms with van der Waals surface area (Å²) in [5.74, 6) is 0.732. The molecule has 2 unspecified atom stereocenters. The van der Waals surface area contributed by atoms with Gasteiger partial charge in [-0.25, -0.2) is 0 Å². The summed E-state index contributed by atoms with van der Waals surface area (Å²) in [6.07, 6.45) is 7.66. The molecular weight excluding hydrogens is 244 g/mol. The molecule has 18 heavy (non-hydrogen) atoms. The molecule has 0 heterocycles. The van der Waals surface area contributed by atoms with Gasteiger partial charge in [0.15, 0.2) is 5.11 Å². The molecule has 2 N–H and O–H groups in total. The lowest BCUT2D eigenvalue weighted by Crippen LogP contribution is -2.44. The normalized spacial score (nSPS) is 24.3. The third-order valence-corrected chi connectivity index (χ3v) is 3.90. The molecule has 0 spiro atoms. The summed E-state index contributed by atoms with van der Waals surface area (Å²) in [5.41, 5.74) is 0. The van der Waals surface area contributed by atoms with E-state index in [0.717, 1.165) is 37.2 Å². The second-order valence-electron chi connectivity index (χ2n) is 5.17. The number of nitrogens with one attached hydrogen (secondary N) is 2. The first-order chi connectivity index (χ1) is 8.74. The van der Waals surface area contributed by atoms with Crippen molar-refractivity contribution in [1.29, 1.82) is 0 Å². The van der Waals surface area contributed by atoms with E-state index >= 15 is 0 Å². The van der Waals surface area contributed by atoms with Crippen LogP contribution in [0.3, 0.4) is 0 Å². The summed E-state index contributed by atoms with van der Waals surface area (Å²) in [5, 5.41) is 7.56. The molecule has 1 aliphatic rings. The highest BCUT2D eigenvalue weighted by molar-refractivity contribution is 7.80. The lowest BCUT2D eigenvalue weighted by molar-refractivity contribution is 0.145. The molecule has 0 saturated heterocycles. The van der Waals surface area contributed by atoms with Gasteiger partial charge in [0.2, 0.25) is 0 Å². The van der Waals surface area contributed by atoms with Gasteiger partial charge in [-0.2, -0.15) is 0 Å². The predicted molar refractivity (Wildman–Crippen MR) is 80.9 cm³/mol. The Kier molecular flexibility index (Phi) is 8.34. The highest BCUT2D eigenvalue weighted by atomic mass is 32.1. The molecule has 0 bridgehead atoms. The molecule has 0 aromatic rings. The van der Waals surface area contributed by atoms with E-state index in [1.54, 1.807) is 0 Å². The van der Waals surface area contributed by atoms with E-state index in [1.165, 1.54) is 32.1 Å². The zero-order valence-corrected chi connectivity index (χ0v) is 12.7. The summed E-state index contributed by atoms with van der Waals surface area (Å²) in [7, 11) is 0. The van der Waals surface area contributed by atoms with Crippen LogP contribution in [0.2, 0.25) is 0 Å². The van der Waals surface area contributed by atoms with E-state index in [2.05, 4.69) is 17.6 Å². The first kappa shape index (κ1) is 15.7. The number of hydrogen-bond acceptors (Lipinski definition) is 2. The summed E-state index contributed by atoms with van der Waals surface area (Å²) >= 11 is 5.35. The molecule has 0 aromatic carbocycles. The average molecular weight is 272 g/mol. The van der Waals surface area contributed by atoms with Gasteiger partial charge < -0.3 is 15.4 Å². The minimum Gasteiger partial charge on any atom is -0.382 e. The van der Waals surface area contributed by atoms with Crippen molar-refractivity contribution >= 4 is 17.3 Å². The molecule has 1 rings (SSSR count). The van der Waals surface area contributed by atoms with Gasteiger partial charge in [0, 0.05) is 25.8 Å². The highest BCUT2D eigenvalue weighted by Crippen LogP contribution is 2.22. The molecule has 0 radical (unpaired) electrons. The molecule has 1 fully saturated rings. The Morgan fingerprint density at radius 3 is 2.83 bits per heavy atom. The van der Waals surface area contributed by atoms with Crippen molar-refractivity contribution in [3.05, 3.63) is 0 Å². The molecule has 0 aromatic heterocycles. The maximum absolute atomic E-state index is 5.35. The quantitative estimate of drug-likeness (QED) is 0.442. The molecule has 106 valence electrons. The van der Waals surface area contributed by atoms with Gasteiger partial charge in [0.25, 0.3) is 0 Å². The van der Waals surface area contributed by atoms with Crippen LogP contribution < -0.4 is 10.6 Å². The fraction of sp³-hybridized carbons (Fsp3) is 0.929. The van der Waals surface area contributed by atoms with Gasteiger partial charge in [-0.15, -0.1) is 0 Å². The minimum absolute atomic E-state index is 0.555. The van der Waals surface area contributed by atoms with Crippen LogP contribution in [0.25, 0.3) is 0 Å². The van der Waals surface area contributed by atoms with Crippen LogP contribution in [0.4, 0.5) is 0 Å². The molecule has 1 aliphatic carbocycles. The van der Waals surface area contributed by atoms with Crippen molar-refractivity contribution < 1.29 is 4.74 Å². The SMILES string of the molecule is CCOCCCNC(=S)NC1CCCCCC1C. The summed E-state index contributed by atoms with van der Waals surface area (Å²) in [4.78, 5) is 0. The van der Waals surface area contributed by atoms with Crippen LogP contribution in [-0.4, -0.2) is 30.9 Å². The number of ether oxygens (including phenoxy) is 1. The van der Waals surface area contributed by atoms with Crippen molar-refractivity contribution in [1.82, 2.24) is 10.6 Å². The van der Waals surface area contributed by atoms with Crippen molar-refractivity contribution in [2.75, 3.05) is 19.8 Å². The molecule has 1 saturated carbocycles. The third-order valence-electron chi connectivity index (χ3n) is 3.63. The summed E-state index contributed by atoms with van der Waals surface area (Å²) < 4.78 is 5.30. The van der Waals surface area contributed by atoms with Crippen LogP contribution >= 0.6 is 12.2 Å². The smallest absolute Gasteiger partial charge is 0.166 e. The van der Waals surface area contributed by atoms with Crippen LogP contribution in [0.1, 0.15) is 52.4 Å². The second-order valence-corrected chi connectivity index (χ2v) is 5.58. The second kappa shape index (κ2) is 9.56. The van der Waals surface area contributed by atoms with Gasteiger partial charge in [0.1, 0.15) is 0 Å². The zero-order valence-electron chi connectivity index (χ0n) is 11.8.